The summed E-state index contributed by atoms with van der Waals surface area (Å²) in [5.74, 6) is 0.688. The molecule has 2 heterocycles. The Labute approximate surface area is 123 Å². The van der Waals surface area contributed by atoms with Crippen LogP contribution in [0.4, 0.5) is 10.5 Å². The van der Waals surface area contributed by atoms with Crippen molar-refractivity contribution >= 4 is 11.7 Å². The molecule has 0 spiro atoms. The molecule has 2 aromatic rings. The van der Waals surface area contributed by atoms with Gasteiger partial charge in [-0.2, -0.15) is 0 Å². The Morgan fingerprint density at radius 3 is 3.19 bits per heavy atom. The highest BCUT2D eigenvalue weighted by Gasteiger charge is 2.22. The predicted octanol–water partition coefficient (Wildman–Crippen LogP) is 2.40. The minimum absolute atomic E-state index is 0.123. The molecule has 0 bridgehead atoms. The first-order valence-corrected chi connectivity index (χ1v) is 7.07. The van der Waals surface area contributed by atoms with E-state index in [4.69, 9.17) is 4.74 Å². The first-order chi connectivity index (χ1) is 10.3. The van der Waals surface area contributed by atoms with Crippen LogP contribution in [0.15, 0.2) is 30.6 Å². The molecule has 0 saturated heterocycles. The topological polar surface area (TPSA) is 70.2 Å². The van der Waals surface area contributed by atoms with Crippen LogP contribution in [0.25, 0.3) is 0 Å². The predicted molar refractivity (Wildman–Crippen MR) is 79.3 cm³/mol. The van der Waals surface area contributed by atoms with Crippen LogP contribution in [0.5, 0.6) is 5.75 Å². The van der Waals surface area contributed by atoms with E-state index < -0.39 is 0 Å². The number of fused-ring (bicyclic) bond motifs is 1. The summed E-state index contributed by atoms with van der Waals surface area (Å²) >= 11 is 0. The molecular weight excluding hydrogens is 268 g/mol. The number of aromatic amines is 1. The average Bonchev–Trinajstić information content (AvgIpc) is 2.97. The standard InChI is InChI=1S/C15H18N4O2/c1-2-21-14-6-4-3-5-12(14)18-15(20)19-8-7-11-13(9-19)17-10-16-11/h3-6,10H,2,7-9H2,1H3,(H,16,17)(H,18,20). The molecule has 6 heteroatoms. The summed E-state index contributed by atoms with van der Waals surface area (Å²) in [6.07, 6.45) is 2.45. The Morgan fingerprint density at radius 1 is 1.48 bits per heavy atom. The summed E-state index contributed by atoms with van der Waals surface area (Å²) in [5.41, 5.74) is 2.75. The maximum absolute atomic E-state index is 12.4. The number of hydrogen-bond donors (Lipinski definition) is 2. The molecule has 0 radical (unpaired) electrons. The highest BCUT2D eigenvalue weighted by atomic mass is 16.5. The van der Waals surface area contributed by atoms with Crippen molar-refractivity contribution in [3.8, 4) is 5.75 Å². The SMILES string of the molecule is CCOc1ccccc1NC(=O)N1CCc2nc[nH]c2C1. The fraction of sp³-hybridized carbons (Fsp3) is 0.333. The van der Waals surface area contributed by atoms with Crippen molar-refractivity contribution in [1.29, 1.82) is 0 Å². The van der Waals surface area contributed by atoms with E-state index in [-0.39, 0.29) is 6.03 Å². The highest BCUT2D eigenvalue weighted by Crippen LogP contribution is 2.24. The lowest BCUT2D eigenvalue weighted by atomic mass is 10.1. The minimum atomic E-state index is -0.123. The zero-order chi connectivity index (χ0) is 14.7. The van der Waals surface area contributed by atoms with Gasteiger partial charge in [-0.25, -0.2) is 9.78 Å². The number of rotatable bonds is 3. The summed E-state index contributed by atoms with van der Waals surface area (Å²) in [6.45, 7) is 3.70. The lowest BCUT2D eigenvalue weighted by molar-refractivity contribution is 0.205. The molecule has 3 rings (SSSR count). The third kappa shape index (κ3) is 2.84. The zero-order valence-electron chi connectivity index (χ0n) is 11.9. The van der Waals surface area contributed by atoms with E-state index in [0.29, 0.717) is 31.1 Å². The number of carbonyl (C=O) groups excluding carboxylic acids is 1. The number of benzene rings is 1. The van der Waals surface area contributed by atoms with Gasteiger partial charge in [-0.15, -0.1) is 0 Å². The molecule has 1 aromatic carbocycles. The lowest BCUT2D eigenvalue weighted by Crippen LogP contribution is -2.39. The molecule has 1 aliphatic heterocycles. The average molecular weight is 286 g/mol. The van der Waals surface area contributed by atoms with E-state index in [0.717, 1.165) is 17.8 Å². The van der Waals surface area contributed by atoms with Gasteiger partial charge in [0.2, 0.25) is 0 Å². The molecule has 0 fully saturated rings. The number of amides is 2. The summed E-state index contributed by atoms with van der Waals surface area (Å²) in [7, 11) is 0. The van der Waals surface area contributed by atoms with Crippen molar-refractivity contribution in [3.05, 3.63) is 42.0 Å². The van der Waals surface area contributed by atoms with Gasteiger partial charge in [0.15, 0.2) is 0 Å². The van der Waals surface area contributed by atoms with Gasteiger partial charge in [-0.3, -0.25) is 0 Å². The molecule has 2 amide bonds. The Morgan fingerprint density at radius 2 is 2.33 bits per heavy atom. The molecule has 6 nitrogen and oxygen atoms in total. The molecule has 1 aliphatic rings. The van der Waals surface area contributed by atoms with E-state index in [1.807, 2.05) is 31.2 Å². The molecule has 0 unspecified atom stereocenters. The van der Waals surface area contributed by atoms with Crippen LogP contribution in [0, 0.1) is 0 Å². The van der Waals surface area contributed by atoms with Gasteiger partial charge >= 0.3 is 6.03 Å². The third-order valence-electron chi connectivity index (χ3n) is 3.49. The van der Waals surface area contributed by atoms with E-state index >= 15 is 0 Å². The zero-order valence-corrected chi connectivity index (χ0v) is 11.9. The highest BCUT2D eigenvalue weighted by molar-refractivity contribution is 5.91. The second-order valence-corrected chi connectivity index (χ2v) is 4.86. The van der Waals surface area contributed by atoms with Gasteiger partial charge in [0.05, 0.1) is 36.6 Å². The number of urea groups is 1. The van der Waals surface area contributed by atoms with Crippen LogP contribution in [0.3, 0.4) is 0 Å². The maximum atomic E-state index is 12.4. The van der Waals surface area contributed by atoms with Crippen LogP contribution >= 0.6 is 0 Å². The fourth-order valence-corrected chi connectivity index (χ4v) is 2.43. The van der Waals surface area contributed by atoms with Crippen molar-refractivity contribution in [2.75, 3.05) is 18.5 Å². The minimum Gasteiger partial charge on any atom is -0.492 e. The van der Waals surface area contributed by atoms with E-state index in [9.17, 15) is 4.79 Å². The number of anilines is 1. The Bertz CT molecular complexity index is 638. The Kier molecular flexibility index (Phi) is 3.77. The quantitative estimate of drug-likeness (QED) is 0.910. The number of aromatic nitrogens is 2. The van der Waals surface area contributed by atoms with Crippen molar-refractivity contribution < 1.29 is 9.53 Å². The van der Waals surface area contributed by atoms with E-state index in [1.54, 1.807) is 11.2 Å². The number of nitrogens with one attached hydrogen (secondary N) is 2. The molecule has 2 N–H and O–H groups in total. The van der Waals surface area contributed by atoms with Crippen LogP contribution in [-0.2, 0) is 13.0 Å². The van der Waals surface area contributed by atoms with Crippen LogP contribution < -0.4 is 10.1 Å². The molecule has 110 valence electrons. The summed E-state index contributed by atoms with van der Waals surface area (Å²) in [4.78, 5) is 21.5. The molecule has 21 heavy (non-hydrogen) atoms. The monoisotopic (exact) mass is 286 g/mol. The van der Waals surface area contributed by atoms with Crippen LogP contribution in [0.1, 0.15) is 18.3 Å². The number of carbonyl (C=O) groups is 1. The second kappa shape index (κ2) is 5.87. The molecule has 0 atom stereocenters. The second-order valence-electron chi connectivity index (χ2n) is 4.86. The van der Waals surface area contributed by atoms with Crippen molar-refractivity contribution in [2.24, 2.45) is 0 Å². The number of ether oxygens (including phenoxy) is 1. The Balaban J connectivity index is 1.70. The van der Waals surface area contributed by atoms with Crippen LogP contribution in [0.2, 0.25) is 0 Å². The Hall–Kier alpha value is -2.50. The molecular formula is C15H18N4O2. The van der Waals surface area contributed by atoms with Crippen molar-refractivity contribution in [1.82, 2.24) is 14.9 Å². The van der Waals surface area contributed by atoms with Crippen LogP contribution in [-0.4, -0.2) is 34.1 Å². The van der Waals surface area contributed by atoms with Gasteiger partial charge < -0.3 is 19.9 Å². The first kappa shape index (κ1) is 13.5. The number of para-hydroxylation sites is 2. The number of H-pyrrole nitrogens is 1. The van der Waals surface area contributed by atoms with Crippen molar-refractivity contribution in [3.63, 3.8) is 0 Å². The number of nitrogens with zero attached hydrogens (tertiary/aromatic N) is 2. The first-order valence-electron chi connectivity index (χ1n) is 7.07. The van der Waals surface area contributed by atoms with Crippen molar-refractivity contribution in [2.45, 2.75) is 19.9 Å². The summed E-state index contributed by atoms with van der Waals surface area (Å²) in [5, 5.41) is 2.92. The summed E-state index contributed by atoms with van der Waals surface area (Å²) in [6, 6.07) is 7.33. The van der Waals surface area contributed by atoms with Gasteiger partial charge in [0.25, 0.3) is 0 Å². The van der Waals surface area contributed by atoms with Gasteiger partial charge in [0.1, 0.15) is 5.75 Å². The summed E-state index contributed by atoms with van der Waals surface area (Å²) < 4.78 is 5.52. The molecule has 1 aromatic heterocycles. The largest absolute Gasteiger partial charge is 0.492 e. The van der Waals surface area contributed by atoms with E-state index in [2.05, 4.69) is 15.3 Å². The molecule has 0 saturated carbocycles. The normalized spacial score (nSPS) is 13.7. The number of imidazole rings is 1. The van der Waals surface area contributed by atoms with Gasteiger partial charge in [0, 0.05) is 13.0 Å². The lowest BCUT2D eigenvalue weighted by Gasteiger charge is -2.26. The molecule has 0 aliphatic carbocycles. The maximum Gasteiger partial charge on any atom is 0.322 e. The van der Waals surface area contributed by atoms with Gasteiger partial charge in [-0.1, -0.05) is 12.1 Å². The smallest absolute Gasteiger partial charge is 0.322 e. The van der Waals surface area contributed by atoms with E-state index in [1.165, 1.54) is 0 Å². The number of hydrogen-bond acceptors (Lipinski definition) is 3. The third-order valence-corrected chi connectivity index (χ3v) is 3.49. The van der Waals surface area contributed by atoms with Gasteiger partial charge in [-0.05, 0) is 19.1 Å². The fourth-order valence-electron chi connectivity index (χ4n) is 2.43.